The molecule has 1 aliphatic rings. The maximum Gasteiger partial charge on any atom is 0.329 e. The summed E-state index contributed by atoms with van der Waals surface area (Å²) in [6, 6.07) is 0. The number of carboxylic acid groups (broad SMARTS) is 1. The fraction of sp³-hybridized carbons (Fsp3) is 0.600. The molecule has 1 fully saturated rings. The fourth-order valence-electron chi connectivity index (χ4n) is 3.04. The van der Waals surface area contributed by atoms with Gasteiger partial charge in [-0.2, -0.15) is 5.10 Å². The van der Waals surface area contributed by atoms with Crippen molar-refractivity contribution < 1.29 is 19.5 Å². The average Bonchev–Trinajstić information content (AvgIpc) is 2.72. The van der Waals surface area contributed by atoms with Gasteiger partial charge in [0.15, 0.2) is 0 Å². The van der Waals surface area contributed by atoms with Crippen LogP contribution in [0, 0.1) is 13.8 Å². The molecule has 22 heavy (non-hydrogen) atoms. The number of carboxylic acids is 1. The Balaban J connectivity index is 2.24. The van der Waals surface area contributed by atoms with E-state index in [-0.39, 0.29) is 5.56 Å². The van der Waals surface area contributed by atoms with Crippen molar-refractivity contribution in [1.29, 1.82) is 0 Å². The number of rotatable bonds is 4. The van der Waals surface area contributed by atoms with Crippen LogP contribution in [0.5, 0.6) is 0 Å². The van der Waals surface area contributed by atoms with Crippen LogP contribution in [0.4, 0.5) is 0 Å². The molecule has 1 amide bonds. The molecule has 1 heterocycles. The van der Waals surface area contributed by atoms with Crippen LogP contribution in [-0.4, -0.2) is 38.1 Å². The lowest BCUT2D eigenvalue weighted by Crippen LogP contribution is -2.57. The second-order valence-electron chi connectivity index (χ2n) is 5.90. The van der Waals surface area contributed by atoms with E-state index < -0.39 is 23.2 Å². The van der Waals surface area contributed by atoms with Crippen molar-refractivity contribution >= 4 is 17.7 Å². The Bertz CT molecular complexity index is 627. The summed E-state index contributed by atoms with van der Waals surface area (Å²) in [4.78, 5) is 36.2. The number of aryl methyl sites for hydroxylation is 2. The summed E-state index contributed by atoms with van der Waals surface area (Å²) in [6.07, 6.45) is 3.11. The molecular weight excluding hydrogens is 286 g/mol. The minimum Gasteiger partial charge on any atom is -0.480 e. The van der Waals surface area contributed by atoms with Gasteiger partial charge in [0.2, 0.25) is 0 Å². The van der Waals surface area contributed by atoms with E-state index in [1.54, 1.807) is 20.9 Å². The number of hydrogen-bond donors (Lipinski definition) is 2. The Morgan fingerprint density at radius 3 is 2.23 bits per heavy atom. The number of nitrogens with zero attached hydrogens (tertiary/aromatic N) is 2. The van der Waals surface area contributed by atoms with Crippen LogP contribution in [0.15, 0.2) is 0 Å². The molecule has 0 atom stereocenters. The number of aliphatic carboxylic acids is 1. The summed E-state index contributed by atoms with van der Waals surface area (Å²) in [5.74, 6) is -2.68. The molecule has 1 aliphatic carbocycles. The fourth-order valence-corrected chi connectivity index (χ4v) is 3.04. The number of carbonyl (C=O) groups is 3. The normalized spacial score (nSPS) is 17.0. The van der Waals surface area contributed by atoms with E-state index in [4.69, 9.17) is 0 Å². The van der Waals surface area contributed by atoms with Crippen LogP contribution in [0.2, 0.25) is 0 Å². The number of hydrogen-bond acceptors (Lipinski definition) is 4. The van der Waals surface area contributed by atoms with E-state index in [1.165, 1.54) is 4.68 Å². The van der Waals surface area contributed by atoms with E-state index in [1.807, 2.05) is 0 Å². The topological polar surface area (TPSA) is 101 Å². The first-order valence-corrected chi connectivity index (χ1v) is 7.39. The summed E-state index contributed by atoms with van der Waals surface area (Å²) in [6.45, 7) is 3.36. The van der Waals surface area contributed by atoms with Crippen LogP contribution in [0.25, 0.3) is 0 Å². The molecule has 120 valence electrons. The lowest BCUT2D eigenvalue weighted by molar-refractivity contribution is -0.148. The van der Waals surface area contributed by atoms with Crippen molar-refractivity contribution in [3.63, 3.8) is 0 Å². The number of aromatic nitrogens is 2. The number of nitrogens with one attached hydrogen (secondary N) is 1. The first-order chi connectivity index (χ1) is 10.3. The minimum absolute atomic E-state index is 0.247. The van der Waals surface area contributed by atoms with Gasteiger partial charge in [-0.15, -0.1) is 0 Å². The van der Waals surface area contributed by atoms with Gasteiger partial charge >= 0.3 is 5.97 Å². The van der Waals surface area contributed by atoms with Gasteiger partial charge in [-0.3, -0.25) is 14.3 Å². The standard InChI is InChI=1S/C15H21N3O4/c1-9-11(10(2)18(3)17-9)12(19)13(20)16-15(14(21)22)7-5-4-6-8-15/h4-8H2,1-3H3,(H,16,20)(H,21,22). The molecule has 0 aliphatic heterocycles. The number of amides is 1. The van der Waals surface area contributed by atoms with Crippen LogP contribution >= 0.6 is 0 Å². The highest BCUT2D eigenvalue weighted by atomic mass is 16.4. The van der Waals surface area contributed by atoms with E-state index in [9.17, 15) is 19.5 Å². The molecule has 2 rings (SSSR count). The molecular formula is C15H21N3O4. The van der Waals surface area contributed by atoms with Crippen LogP contribution in [-0.2, 0) is 16.6 Å². The summed E-state index contributed by atoms with van der Waals surface area (Å²) in [5.41, 5.74) is -0.0233. The van der Waals surface area contributed by atoms with E-state index in [0.717, 1.165) is 19.3 Å². The zero-order valence-corrected chi connectivity index (χ0v) is 13.1. The van der Waals surface area contributed by atoms with E-state index >= 15 is 0 Å². The lowest BCUT2D eigenvalue weighted by Gasteiger charge is -2.33. The zero-order valence-electron chi connectivity index (χ0n) is 13.1. The molecule has 0 saturated heterocycles. The molecule has 7 nitrogen and oxygen atoms in total. The first kappa shape index (κ1) is 16.2. The van der Waals surface area contributed by atoms with Crippen molar-refractivity contribution in [2.75, 3.05) is 0 Å². The van der Waals surface area contributed by atoms with Crippen molar-refractivity contribution in [3.05, 3.63) is 17.0 Å². The molecule has 7 heteroatoms. The highest BCUT2D eigenvalue weighted by molar-refractivity contribution is 6.43. The van der Waals surface area contributed by atoms with Gasteiger partial charge in [-0.05, 0) is 26.7 Å². The van der Waals surface area contributed by atoms with Gasteiger partial charge in [-0.25, -0.2) is 4.79 Å². The Kier molecular flexibility index (Phi) is 4.35. The molecule has 1 aromatic rings. The molecule has 0 unspecified atom stereocenters. The largest absolute Gasteiger partial charge is 0.480 e. The summed E-state index contributed by atoms with van der Waals surface area (Å²) < 4.78 is 1.53. The molecule has 2 N–H and O–H groups in total. The van der Waals surface area contributed by atoms with Gasteiger partial charge < -0.3 is 10.4 Å². The summed E-state index contributed by atoms with van der Waals surface area (Å²) in [5, 5.41) is 16.0. The SMILES string of the molecule is Cc1nn(C)c(C)c1C(=O)C(=O)NC1(C(=O)O)CCCCC1. The van der Waals surface area contributed by atoms with Crippen molar-refractivity contribution in [1.82, 2.24) is 15.1 Å². The molecule has 1 saturated carbocycles. The predicted octanol–water partition coefficient (Wildman–Crippen LogP) is 1.12. The second-order valence-corrected chi connectivity index (χ2v) is 5.90. The Hall–Kier alpha value is -2.18. The predicted molar refractivity (Wildman–Crippen MR) is 78.6 cm³/mol. The quantitative estimate of drug-likeness (QED) is 0.641. The molecule has 0 bridgehead atoms. The van der Waals surface area contributed by atoms with Gasteiger partial charge in [0.05, 0.1) is 11.3 Å². The van der Waals surface area contributed by atoms with E-state index in [2.05, 4.69) is 10.4 Å². The Labute approximate surface area is 128 Å². The molecule has 0 spiro atoms. The van der Waals surface area contributed by atoms with Crippen LogP contribution < -0.4 is 5.32 Å². The maximum absolute atomic E-state index is 12.4. The number of Topliss-reactive ketones (excluding diaryl/α,β-unsaturated/α-hetero) is 1. The number of carbonyl (C=O) groups excluding carboxylic acids is 2. The molecule has 0 radical (unpaired) electrons. The van der Waals surface area contributed by atoms with E-state index in [0.29, 0.717) is 24.2 Å². The smallest absolute Gasteiger partial charge is 0.329 e. The highest BCUT2D eigenvalue weighted by Gasteiger charge is 2.42. The molecule has 1 aromatic heterocycles. The first-order valence-electron chi connectivity index (χ1n) is 7.39. The monoisotopic (exact) mass is 307 g/mol. The third-order valence-corrected chi connectivity index (χ3v) is 4.41. The van der Waals surface area contributed by atoms with Gasteiger partial charge in [0, 0.05) is 12.7 Å². The third-order valence-electron chi connectivity index (χ3n) is 4.41. The van der Waals surface area contributed by atoms with Crippen molar-refractivity contribution in [2.24, 2.45) is 7.05 Å². The van der Waals surface area contributed by atoms with Gasteiger partial charge in [0.25, 0.3) is 11.7 Å². The minimum atomic E-state index is -1.32. The highest BCUT2D eigenvalue weighted by Crippen LogP contribution is 2.28. The Morgan fingerprint density at radius 1 is 1.18 bits per heavy atom. The Morgan fingerprint density at radius 2 is 1.77 bits per heavy atom. The summed E-state index contributed by atoms with van der Waals surface area (Å²) >= 11 is 0. The van der Waals surface area contributed by atoms with Crippen molar-refractivity contribution in [3.8, 4) is 0 Å². The van der Waals surface area contributed by atoms with Crippen LogP contribution in [0.1, 0.15) is 53.8 Å². The maximum atomic E-state index is 12.4. The zero-order chi connectivity index (χ0) is 16.5. The second kappa shape index (κ2) is 5.90. The van der Waals surface area contributed by atoms with Gasteiger partial charge in [0.1, 0.15) is 5.54 Å². The number of ketones is 1. The van der Waals surface area contributed by atoms with Crippen molar-refractivity contribution in [2.45, 2.75) is 51.5 Å². The summed E-state index contributed by atoms with van der Waals surface area (Å²) in [7, 11) is 1.69. The van der Waals surface area contributed by atoms with Crippen LogP contribution in [0.3, 0.4) is 0 Å². The lowest BCUT2D eigenvalue weighted by atomic mass is 9.81. The molecule has 0 aromatic carbocycles. The van der Waals surface area contributed by atoms with Gasteiger partial charge in [-0.1, -0.05) is 19.3 Å². The average molecular weight is 307 g/mol. The third kappa shape index (κ3) is 2.75.